The monoisotopic (exact) mass is 1760 g/mol. The van der Waals surface area contributed by atoms with Crippen molar-refractivity contribution in [2.24, 2.45) is 0 Å². The first-order valence-corrected chi connectivity index (χ1v) is 45.3. The molecule has 2 unspecified atom stereocenters. The molecule has 1 saturated carbocycles. The van der Waals surface area contributed by atoms with Gasteiger partial charge in [0.1, 0.15) is 43.4 Å². The number of anilines is 4. The molecule has 3 aliphatic carbocycles. The van der Waals surface area contributed by atoms with Crippen LogP contribution in [0.2, 0.25) is 0 Å². The van der Waals surface area contributed by atoms with Crippen molar-refractivity contribution < 1.29 is 53.6 Å². The number of carboxylic acids is 3. The van der Waals surface area contributed by atoms with Gasteiger partial charge in [0, 0.05) is 133 Å². The number of thiocarbonyl (C=S) groups is 1. The minimum Gasteiger partial charge on any atom is -0.506 e. The van der Waals surface area contributed by atoms with Gasteiger partial charge in [-0.3, -0.25) is 33.4 Å². The smallest absolute Gasteiger partial charge is 0.346 e. The maximum atomic E-state index is 13.6. The molecule has 9 heterocycles. The number of aliphatic carboxylic acids is 2. The molecule has 0 spiro atoms. The Kier molecular flexibility index (Phi) is 23.5. The number of aliphatic hydroxyl groups excluding tert-OH is 1. The molecule has 4 N–H and O–H groups in total. The summed E-state index contributed by atoms with van der Waals surface area (Å²) in [5.41, 5.74) is 16.1. The van der Waals surface area contributed by atoms with Crippen molar-refractivity contribution in [1.82, 2.24) is 14.4 Å². The summed E-state index contributed by atoms with van der Waals surface area (Å²) >= 11 is 10.5. The molecule has 1 amide bonds. The highest BCUT2D eigenvalue weighted by molar-refractivity contribution is 8.30. The van der Waals surface area contributed by atoms with E-state index in [-0.39, 0.29) is 67.5 Å². The second-order valence-corrected chi connectivity index (χ2v) is 38.7. The molecule has 20 nitrogen and oxygen atoms in total. The van der Waals surface area contributed by atoms with Gasteiger partial charge in [-0.1, -0.05) is 151 Å². The zero-order valence-electron chi connectivity index (χ0n) is 70.6. The highest BCUT2D eigenvalue weighted by atomic mass is 32.2. The van der Waals surface area contributed by atoms with E-state index >= 15 is 0 Å². The van der Waals surface area contributed by atoms with Gasteiger partial charge in [0.05, 0.1) is 26.8 Å². The number of hydrogen-bond donors (Lipinski definition) is 4. The van der Waals surface area contributed by atoms with E-state index < -0.39 is 35.4 Å². The van der Waals surface area contributed by atoms with Crippen molar-refractivity contribution in [2.45, 2.75) is 129 Å². The summed E-state index contributed by atoms with van der Waals surface area (Å²) in [5, 5.41) is 48.9. The molecule has 2 fully saturated rings. The average Bonchev–Trinajstić information content (AvgIpc) is 1.71. The number of allylic oxidation sites excluding steroid dienone is 8. The van der Waals surface area contributed by atoms with E-state index in [4.69, 9.17) is 27.0 Å². The van der Waals surface area contributed by atoms with Gasteiger partial charge in [-0.05, 0) is 217 Å². The Bertz CT molecular complexity index is 6730. The third kappa shape index (κ3) is 16.0. The summed E-state index contributed by atoms with van der Waals surface area (Å²) in [5.74, 6) is -4.22. The number of nitriles is 1. The molecule has 4 aromatic heterocycles. The van der Waals surface area contributed by atoms with Gasteiger partial charge >= 0.3 is 23.5 Å². The van der Waals surface area contributed by atoms with Gasteiger partial charge in [0.15, 0.2) is 5.78 Å². The number of thioether (sulfide) groups is 1. The lowest BCUT2D eigenvalue weighted by Gasteiger charge is -2.48. The lowest BCUT2D eigenvalue weighted by molar-refractivity contribution is -0.138. The van der Waals surface area contributed by atoms with Crippen molar-refractivity contribution in [3.05, 3.63) is 306 Å². The van der Waals surface area contributed by atoms with E-state index in [1.807, 2.05) is 100 Å². The number of aromatic carboxylic acids is 1. The third-order valence-electron chi connectivity index (χ3n) is 25.0. The Morgan fingerprint density at radius 2 is 1.37 bits per heavy atom. The predicted molar refractivity (Wildman–Crippen MR) is 503 cm³/mol. The molecule has 125 heavy (non-hydrogen) atoms. The number of ketones is 2. The van der Waals surface area contributed by atoms with E-state index in [1.165, 1.54) is 83.5 Å². The molecule has 2 atom stereocenters. The third-order valence-corrected chi connectivity index (χ3v) is 30.1. The van der Waals surface area contributed by atoms with Crippen LogP contribution in [0, 0.1) is 11.3 Å². The fourth-order valence-electron chi connectivity index (χ4n) is 18.3. The standard InChI is InChI=1S/C42H35N3O4S3.C31H28N2O4S2.C27H28N2O5/c1-2-43-40(49)38(52-42(43)50)41-44(25-37(46)47)39(48)36(51-41)24-27-18-21-35-33(23-27)31-14-9-15-34(31)45(35)30-19-16-26(17-20-30)22-32(28-10-5-3-6-11-28)29-12-7-4-8-13-29;1-30(2)9-11-33-12-10-31(3,4)25-26(33)21(30)15-17-14-20(29(36)37-27(17)25)22-7-8-24(39-22)23-6-5-19(38-23)13-18(16-32)28(34)35;1-6-29(7-2)16-9-10-17(21(30)13-16)23-24(31)18(25(23)32)14-22-27(3,4)19-12-15(26(33)34)8-11-20(19)28(22)5/h3-8,10-13,16-24,31,34H,2,9,14-15,25H2,1H3,(H,46,47);5-8,13-15H,9-12H2,1-4H3,(H,34,35);8-14,31H,6-7H2,1-5H3,(H,33,34)/b36-24+,41-38-;18-13-;. The molecular formula is C100H91N7O13S5. The van der Waals surface area contributed by atoms with Crippen molar-refractivity contribution in [3.63, 3.8) is 0 Å². The lowest BCUT2D eigenvalue weighted by Crippen LogP contribution is -2.44. The summed E-state index contributed by atoms with van der Waals surface area (Å²) in [4.78, 5) is 114. The predicted octanol–water partition coefficient (Wildman–Crippen LogP) is 18.7. The topological polar surface area (TPSA) is 276 Å². The quantitative estimate of drug-likeness (QED) is 0.0217. The Labute approximate surface area is 744 Å². The highest BCUT2D eigenvalue weighted by Crippen LogP contribution is 2.55. The number of aromatic nitrogens is 1. The molecule has 8 aliphatic rings. The lowest BCUT2D eigenvalue weighted by atomic mass is 9.69. The number of carbonyl (C=O) groups is 6. The number of amides is 1. The molecule has 6 aromatic carbocycles. The number of carboxylic acid groups (broad SMARTS) is 3. The number of rotatable bonds is 17. The van der Waals surface area contributed by atoms with Crippen LogP contribution in [0.5, 0.6) is 0 Å². The van der Waals surface area contributed by atoms with Crippen LogP contribution in [0.4, 0.5) is 22.7 Å². The summed E-state index contributed by atoms with van der Waals surface area (Å²) in [6.45, 7) is 22.3. The van der Waals surface area contributed by atoms with Gasteiger partial charge in [-0.15, -0.1) is 34.0 Å². The number of carbonyl (C=O) groups excluding carboxylic acids is 3. The first kappa shape index (κ1) is 86.0. The maximum Gasteiger partial charge on any atom is 0.346 e. The van der Waals surface area contributed by atoms with E-state index in [0.717, 1.165) is 146 Å². The van der Waals surface area contributed by atoms with Crippen LogP contribution in [-0.4, -0.2) is 120 Å². The number of hydrogen-bond acceptors (Lipinski definition) is 20. The SMILES string of the molecule is CC1(C)CCN2CCC(C)(C)c3c2c1cc1cc(-c2ccc(-c4ccc(/C=C(/C#N)C(=O)O)s4)s2)c(=O)oc31.CCN(CC)C1=CC(=O)C(=C2C(=O)C(C=C3N(C)c4ccc(C(=O)O)cc4C3(C)C)=C2O)C=C1.CCN1C(=O)/C(=c2/s/c(=C/c3ccc4c(c3)C3CCCC3N4c3ccc(C=C(c4ccccc4)c4ccccc4)cc3)c(=O)n2CC(=O)O)SC1=S. The van der Waals surface area contributed by atoms with Gasteiger partial charge in [-0.2, -0.15) is 5.26 Å². The van der Waals surface area contributed by atoms with Crippen molar-refractivity contribution in [3.8, 4) is 26.3 Å². The minimum absolute atomic E-state index is 0.0337. The first-order chi connectivity index (χ1) is 59.8. The Balaban J connectivity index is 0.000000142. The molecule has 0 radical (unpaired) electrons. The maximum absolute atomic E-state index is 13.6. The zero-order valence-corrected chi connectivity index (χ0v) is 74.7. The van der Waals surface area contributed by atoms with E-state index in [0.29, 0.717) is 52.9 Å². The molecule has 25 heteroatoms. The molecule has 1 saturated heterocycles. The number of nitrogens with zero attached hydrogens (tertiary/aromatic N) is 7. The summed E-state index contributed by atoms with van der Waals surface area (Å²) in [6, 6.07) is 54.9. The van der Waals surface area contributed by atoms with Crippen LogP contribution in [0.25, 0.3) is 59.9 Å². The van der Waals surface area contributed by atoms with Crippen LogP contribution in [0.3, 0.4) is 0 Å². The number of Topliss-reactive ketones (excluding diaryl/α,β-unsaturated/α-hetero) is 1. The average molecular weight is 1760 g/mol. The van der Waals surface area contributed by atoms with Crippen LogP contribution >= 0.6 is 58.0 Å². The summed E-state index contributed by atoms with van der Waals surface area (Å²) in [7, 11) is 1.84. The summed E-state index contributed by atoms with van der Waals surface area (Å²) in [6.07, 6.45) is 17.4. The number of likely N-dealkylation sites (N-methyl/N-ethyl adjacent to an activating group) is 2. The normalized spacial score (nSPS) is 19.6. The van der Waals surface area contributed by atoms with Crippen LogP contribution in [0.1, 0.15) is 160 Å². The fourth-order valence-corrected chi connectivity index (χ4v) is 23.0. The van der Waals surface area contributed by atoms with Gasteiger partial charge < -0.3 is 44.4 Å². The Morgan fingerprint density at radius 1 is 0.704 bits per heavy atom. The molecule has 5 aliphatic heterocycles. The number of benzene rings is 6. The number of fused-ring (bicyclic) bond motifs is 6. The molecule has 0 bridgehead atoms. The number of thiazole rings is 1. The zero-order chi connectivity index (χ0) is 88.6. The van der Waals surface area contributed by atoms with E-state index in [1.54, 1.807) is 48.6 Å². The first-order valence-electron chi connectivity index (χ1n) is 41.6. The minimum atomic E-state index is -1.25. The van der Waals surface area contributed by atoms with Crippen molar-refractivity contribution >= 4 is 160 Å². The highest BCUT2D eigenvalue weighted by Gasteiger charge is 2.46. The largest absolute Gasteiger partial charge is 0.506 e. The fraction of sp³-hybridized carbons (Fsp3) is 0.260. The Morgan fingerprint density at radius 3 is 2.01 bits per heavy atom. The van der Waals surface area contributed by atoms with Crippen LogP contribution in [0.15, 0.2) is 235 Å². The molecule has 18 rings (SSSR count). The molecule has 10 aromatic rings. The van der Waals surface area contributed by atoms with Crippen LogP contribution < -0.4 is 35.1 Å². The van der Waals surface area contributed by atoms with Crippen molar-refractivity contribution in [2.75, 3.05) is 54.5 Å². The second kappa shape index (κ2) is 34.2. The van der Waals surface area contributed by atoms with Gasteiger partial charge in [0.2, 0.25) is 5.78 Å². The van der Waals surface area contributed by atoms with Gasteiger partial charge in [-0.25, -0.2) is 14.4 Å². The van der Waals surface area contributed by atoms with E-state index in [2.05, 4.69) is 135 Å². The van der Waals surface area contributed by atoms with Crippen molar-refractivity contribution in [1.29, 1.82) is 5.26 Å². The second-order valence-electron chi connectivity index (χ2n) is 33.8. The van der Waals surface area contributed by atoms with Gasteiger partial charge in [0.25, 0.3) is 11.5 Å². The summed E-state index contributed by atoms with van der Waals surface area (Å²) < 4.78 is 8.45. The molecule has 634 valence electrons. The van der Waals surface area contributed by atoms with Crippen LogP contribution in [-0.2, 0) is 46.8 Å². The number of aliphatic hydroxyl groups is 1. The molecular weight excluding hydrogens is 1670 g/mol. The van der Waals surface area contributed by atoms with E-state index in [9.17, 15) is 53.7 Å². The number of thiophene rings is 2. The Hall–Kier alpha value is -12.6.